The number of sulfonamides is 1. The van der Waals surface area contributed by atoms with Crippen LogP contribution in [0, 0.1) is 0 Å². The summed E-state index contributed by atoms with van der Waals surface area (Å²) in [5.41, 5.74) is 2.45. The number of hydrogen-bond donors (Lipinski definition) is 1. The Morgan fingerprint density at radius 1 is 1.83 bits per heavy atom. The molecule has 1 aliphatic rings. The molecule has 1 atom stereocenters. The molecule has 0 spiro atoms. The van der Waals surface area contributed by atoms with Gasteiger partial charge in [0.15, 0.2) is 0 Å². The first kappa shape index (κ1) is 9.94. The first-order valence-corrected chi connectivity index (χ1v) is 6.06. The molecule has 0 aromatic heterocycles. The average Bonchev–Trinajstić information content (AvgIpc) is 2.35. The predicted octanol–water partition coefficient (Wildman–Crippen LogP) is 0.381. The maximum absolute atomic E-state index is 10.9. The van der Waals surface area contributed by atoms with Crippen LogP contribution in [-0.2, 0) is 14.9 Å². The third-order valence-electron chi connectivity index (χ3n) is 1.25. The quantitative estimate of drug-likeness (QED) is 0.726. The van der Waals surface area contributed by atoms with Gasteiger partial charge in [-0.1, -0.05) is 15.9 Å². The minimum atomic E-state index is -3.36. The summed E-state index contributed by atoms with van der Waals surface area (Å²) in [5, 5.41) is 0. The molecular formula is C5H9BrN2O3S. The minimum absolute atomic E-state index is 0.0192. The monoisotopic (exact) mass is 256 g/mol. The fourth-order valence-electron chi connectivity index (χ4n) is 0.772. The predicted molar refractivity (Wildman–Crippen MR) is 48.4 cm³/mol. The summed E-state index contributed by atoms with van der Waals surface area (Å²) >= 11 is 2.83. The van der Waals surface area contributed by atoms with Gasteiger partial charge in [-0.15, -0.1) is 4.40 Å². The molecule has 0 aliphatic carbocycles. The van der Waals surface area contributed by atoms with Gasteiger partial charge in [0.2, 0.25) is 0 Å². The lowest BCUT2D eigenvalue weighted by Gasteiger charge is -1.94. The number of nitrogens with zero attached hydrogens (tertiary/aromatic N) is 1. The number of halogens is 1. The number of nitrogens with one attached hydrogen (secondary N) is 1. The summed E-state index contributed by atoms with van der Waals surface area (Å²) in [6.07, 6.45) is 0.487. The molecule has 1 saturated heterocycles. The second-order valence-electron chi connectivity index (χ2n) is 2.46. The molecule has 0 bridgehead atoms. The lowest BCUT2D eigenvalue weighted by molar-refractivity contribution is 0.0575. The highest BCUT2D eigenvalue weighted by molar-refractivity contribution is 9.10. The molecule has 0 amide bonds. The maximum Gasteiger partial charge on any atom is 0.264 e. The summed E-state index contributed by atoms with van der Waals surface area (Å²) in [6, 6.07) is 0. The van der Waals surface area contributed by atoms with Crippen molar-refractivity contribution in [1.82, 2.24) is 5.48 Å². The van der Waals surface area contributed by atoms with E-state index < -0.39 is 10.0 Å². The van der Waals surface area contributed by atoms with Gasteiger partial charge in [0.25, 0.3) is 10.0 Å². The summed E-state index contributed by atoms with van der Waals surface area (Å²) in [4.78, 5) is 4.90. The average molecular weight is 257 g/mol. The van der Waals surface area contributed by atoms with Crippen LogP contribution in [0.3, 0.4) is 0 Å². The van der Waals surface area contributed by atoms with Gasteiger partial charge in [-0.25, -0.2) is 8.42 Å². The third-order valence-corrected chi connectivity index (χ3v) is 3.76. The minimum Gasteiger partial charge on any atom is -0.271 e. The Labute approximate surface area is 79.3 Å². The van der Waals surface area contributed by atoms with Gasteiger partial charge < -0.3 is 0 Å². The SMILES string of the molecule is CC1C/C(=N/S(=O)(=O)CBr)NO1. The van der Waals surface area contributed by atoms with Crippen molar-refractivity contribution in [3.63, 3.8) is 0 Å². The Balaban J connectivity index is 2.71. The van der Waals surface area contributed by atoms with E-state index in [0.717, 1.165) is 0 Å². The van der Waals surface area contributed by atoms with Crippen LogP contribution in [0.15, 0.2) is 4.40 Å². The molecular weight excluding hydrogens is 248 g/mol. The fraction of sp³-hybridized carbons (Fsp3) is 0.800. The van der Waals surface area contributed by atoms with Crippen LogP contribution >= 0.6 is 15.9 Å². The Morgan fingerprint density at radius 3 is 2.92 bits per heavy atom. The van der Waals surface area contributed by atoms with E-state index in [9.17, 15) is 8.42 Å². The van der Waals surface area contributed by atoms with Crippen LogP contribution in [0.5, 0.6) is 0 Å². The molecule has 1 fully saturated rings. The normalized spacial score (nSPS) is 27.5. The van der Waals surface area contributed by atoms with E-state index in [1.54, 1.807) is 0 Å². The fourth-order valence-corrected chi connectivity index (χ4v) is 1.58. The van der Waals surface area contributed by atoms with Gasteiger partial charge in [0.1, 0.15) is 10.5 Å². The van der Waals surface area contributed by atoms with E-state index in [-0.39, 0.29) is 10.8 Å². The zero-order valence-electron chi connectivity index (χ0n) is 6.45. The van der Waals surface area contributed by atoms with Gasteiger partial charge in [-0.2, -0.15) is 0 Å². The molecule has 5 nitrogen and oxygen atoms in total. The highest BCUT2D eigenvalue weighted by Crippen LogP contribution is 2.07. The van der Waals surface area contributed by atoms with Gasteiger partial charge >= 0.3 is 0 Å². The second-order valence-corrected chi connectivity index (χ2v) is 5.40. The lowest BCUT2D eigenvalue weighted by atomic mass is 10.3. The van der Waals surface area contributed by atoms with Crippen molar-refractivity contribution >= 4 is 31.8 Å². The van der Waals surface area contributed by atoms with E-state index in [4.69, 9.17) is 4.84 Å². The number of amidine groups is 1. The van der Waals surface area contributed by atoms with E-state index in [1.165, 1.54) is 0 Å². The molecule has 7 heteroatoms. The van der Waals surface area contributed by atoms with Crippen molar-refractivity contribution in [2.75, 3.05) is 4.66 Å². The van der Waals surface area contributed by atoms with Gasteiger partial charge in [0.05, 0.1) is 6.10 Å². The maximum atomic E-state index is 10.9. The van der Waals surface area contributed by atoms with Crippen molar-refractivity contribution in [2.24, 2.45) is 4.40 Å². The van der Waals surface area contributed by atoms with E-state index in [0.29, 0.717) is 12.3 Å². The molecule has 0 radical (unpaired) electrons. The van der Waals surface area contributed by atoms with Crippen molar-refractivity contribution in [2.45, 2.75) is 19.4 Å². The number of rotatable bonds is 2. The molecule has 70 valence electrons. The van der Waals surface area contributed by atoms with Crippen LogP contribution in [-0.4, -0.2) is 25.0 Å². The molecule has 1 rings (SSSR count). The van der Waals surface area contributed by atoms with Crippen molar-refractivity contribution in [3.8, 4) is 0 Å². The van der Waals surface area contributed by atoms with Crippen LogP contribution in [0.1, 0.15) is 13.3 Å². The van der Waals surface area contributed by atoms with Gasteiger partial charge in [-0.05, 0) is 6.92 Å². The lowest BCUT2D eigenvalue weighted by Crippen LogP contribution is -2.15. The zero-order chi connectivity index (χ0) is 9.19. The highest BCUT2D eigenvalue weighted by atomic mass is 79.9. The standard InChI is InChI=1S/C5H9BrN2O3S/c1-4-2-5(7-11-4)8-12(9,10)3-6/h4H,2-3H2,1H3,(H,7,8). The van der Waals surface area contributed by atoms with E-state index in [1.807, 2.05) is 6.92 Å². The summed E-state index contributed by atoms with van der Waals surface area (Å²) in [6.45, 7) is 1.83. The van der Waals surface area contributed by atoms with Crippen molar-refractivity contribution in [3.05, 3.63) is 0 Å². The topological polar surface area (TPSA) is 67.8 Å². The third kappa shape index (κ3) is 2.72. The first-order chi connectivity index (χ1) is 5.53. The molecule has 0 saturated carbocycles. The number of hydrogen-bond acceptors (Lipinski definition) is 3. The first-order valence-electron chi connectivity index (χ1n) is 3.32. The Morgan fingerprint density at radius 2 is 2.50 bits per heavy atom. The molecule has 1 heterocycles. The Kier molecular flexibility index (Phi) is 3.08. The van der Waals surface area contributed by atoms with Gasteiger partial charge in [-0.3, -0.25) is 10.3 Å². The Bertz CT molecular complexity index is 287. The van der Waals surface area contributed by atoms with Crippen LogP contribution in [0.4, 0.5) is 0 Å². The van der Waals surface area contributed by atoms with Crippen molar-refractivity contribution in [1.29, 1.82) is 0 Å². The molecule has 1 aliphatic heterocycles. The van der Waals surface area contributed by atoms with Gasteiger partial charge in [0, 0.05) is 6.42 Å². The molecule has 0 aromatic rings. The zero-order valence-corrected chi connectivity index (χ0v) is 8.85. The van der Waals surface area contributed by atoms with Crippen molar-refractivity contribution < 1.29 is 13.3 Å². The molecule has 12 heavy (non-hydrogen) atoms. The van der Waals surface area contributed by atoms with Crippen LogP contribution in [0.2, 0.25) is 0 Å². The Hall–Kier alpha value is -0.140. The largest absolute Gasteiger partial charge is 0.271 e. The summed E-state index contributed by atoms with van der Waals surface area (Å²) < 4.78 is 25.2. The van der Waals surface area contributed by atoms with Crippen LogP contribution in [0.25, 0.3) is 0 Å². The molecule has 1 N–H and O–H groups in total. The van der Waals surface area contributed by atoms with E-state index >= 15 is 0 Å². The highest BCUT2D eigenvalue weighted by Gasteiger charge is 2.19. The summed E-state index contributed by atoms with van der Waals surface area (Å²) in [5.74, 6) is 0.363. The smallest absolute Gasteiger partial charge is 0.264 e. The van der Waals surface area contributed by atoms with Crippen LogP contribution < -0.4 is 5.48 Å². The summed E-state index contributed by atoms with van der Waals surface area (Å²) in [7, 11) is -3.36. The second kappa shape index (κ2) is 3.71. The molecule has 1 unspecified atom stereocenters. The number of hydroxylamine groups is 1. The van der Waals surface area contributed by atoms with E-state index in [2.05, 4.69) is 25.8 Å². The number of alkyl halides is 1. The molecule has 0 aromatic carbocycles.